The number of carbonyl (C=O) groups is 2. The molecule has 0 aliphatic carbocycles. The quantitative estimate of drug-likeness (QED) is 0.0267. The van der Waals surface area contributed by atoms with Gasteiger partial charge in [-0.2, -0.15) is 0 Å². The Bertz CT molecular complexity index is 1020. The maximum Gasteiger partial charge on any atom is 0.472 e. The van der Waals surface area contributed by atoms with E-state index in [9.17, 15) is 19.0 Å². The minimum atomic E-state index is -4.38. The number of rotatable bonds is 43. The van der Waals surface area contributed by atoms with Crippen molar-refractivity contribution in [1.29, 1.82) is 0 Å². The molecule has 0 heterocycles. The van der Waals surface area contributed by atoms with Crippen LogP contribution in [0.25, 0.3) is 0 Å². The van der Waals surface area contributed by atoms with Crippen molar-refractivity contribution in [3.8, 4) is 0 Å². The normalized spacial score (nSPS) is 13.6. The monoisotopic (exact) mass is 812 g/mol. The van der Waals surface area contributed by atoms with Gasteiger partial charge in [0.05, 0.1) is 13.2 Å². The molecule has 0 aromatic rings. The molecule has 0 bridgehead atoms. The third-order valence-corrected chi connectivity index (χ3v) is 10.7. The Morgan fingerprint density at radius 2 is 0.929 bits per heavy atom. The van der Waals surface area contributed by atoms with Gasteiger partial charge in [0.25, 0.3) is 0 Å². The lowest BCUT2D eigenvalue weighted by Crippen LogP contribution is -2.29. The van der Waals surface area contributed by atoms with Gasteiger partial charge < -0.3 is 20.1 Å². The molecule has 0 saturated carbocycles. The summed E-state index contributed by atoms with van der Waals surface area (Å²) in [5.41, 5.74) is 5.35. The van der Waals surface area contributed by atoms with Gasteiger partial charge in [0.1, 0.15) is 6.61 Å². The molecule has 0 spiro atoms. The number of allylic oxidation sites excluding steroid dienone is 6. The smallest absolute Gasteiger partial charge is 0.462 e. The molecule has 0 aliphatic heterocycles. The lowest BCUT2D eigenvalue weighted by atomic mass is 10.1. The van der Waals surface area contributed by atoms with Crippen LogP contribution in [0.4, 0.5) is 0 Å². The Balaban J connectivity index is 4.13. The van der Waals surface area contributed by atoms with E-state index >= 15 is 0 Å². The van der Waals surface area contributed by atoms with Crippen molar-refractivity contribution in [3.63, 3.8) is 0 Å². The second kappa shape index (κ2) is 42.8. The van der Waals surface area contributed by atoms with Crippen LogP contribution >= 0.6 is 7.82 Å². The molecular weight excluding hydrogens is 725 g/mol. The molecule has 0 fully saturated rings. The zero-order valence-corrected chi connectivity index (χ0v) is 37.0. The predicted octanol–water partition coefficient (Wildman–Crippen LogP) is 13.3. The fourth-order valence-corrected chi connectivity index (χ4v) is 7.07. The molecule has 0 amide bonds. The van der Waals surface area contributed by atoms with Gasteiger partial charge in [0, 0.05) is 19.4 Å². The second-order valence-electron chi connectivity index (χ2n) is 15.3. The zero-order chi connectivity index (χ0) is 41.1. The van der Waals surface area contributed by atoms with Gasteiger partial charge >= 0.3 is 19.8 Å². The fraction of sp³-hybridized carbons (Fsp3) is 0.826. The first-order valence-electron chi connectivity index (χ1n) is 23.0. The standard InChI is InChI=1S/C46H86NO8P/c1-3-5-7-9-11-13-15-17-19-21-22-23-25-27-29-31-33-35-37-39-46(49)55-44(43-54-56(50,51)53-41-40-47)42-52-45(48)38-36-34-32-30-28-26-24-20-18-16-14-12-10-8-6-4-2/h11,13,17,19-20,24,44H,3-10,12,14-16,18,21-23,25-43,47H2,1-2H3,(H,50,51)/b13-11-,19-17-,24-20-. The number of unbranched alkanes of at least 4 members (excludes halogenated alkanes) is 24. The highest BCUT2D eigenvalue weighted by Gasteiger charge is 2.26. The van der Waals surface area contributed by atoms with Gasteiger partial charge in [-0.1, -0.05) is 166 Å². The van der Waals surface area contributed by atoms with Crippen LogP contribution in [0.2, 0.25) is 0 Å². The van der Waals surface area contributed by atoms with Crippen LogP contribution < -0.4 is 5.73 Å². The van der Waals surface area contributed by atoms with E-state index in [1.807, 2.05) is 0 Å². The summed E-state index contributed by atoms with van der Waals surface area (Å²) in [6, 6.07) is 0. The minimum absolute atomic E-state index is 0.0515. The third kappa shape index (κ3) is 41.9. The summed E-state index contributed by atoms with van der Waals surface area (Å²) in [6.45, 7) is 3.71. The highest BCUT2D eigenvalue weighted by Crippen LogP contribution is 2.43. The number of hydrogen-bond acceptors (Lipinski definition) is 8. The largest absolute Gasteiger partial charge is 0.472 e. The number of phosphoric ester groups is 1. The molecule has 328 valence electrons. The number of nitrogens with two attached hydrogens (primary N) is 1. The Labute approximate surface area is 344 Å². The van der Waals surface area contributed by atoms with E-state index in [2.05, 4.69) is 50.3 Å². The molecule has 0 aromatic carbocycles. The number of ether oxygens (including phenoxy) is 2. The summed E-state index contributed by atoms with van der Waals surface area (Å²) in [4.78, 5) is 34.9. The number of esters is 2. The van der Waals surface area contributed by atoms with Gasteiger partial charge in [-0.15, -0.1) is 0 Å². The van der Waals surface area contributed by atoms with Crippen molar-refractivity contribution in [2.24, 2.45) is 5.73 Å². The number of phosphoric acid groups is 1. The molecule has 10 heteroatoms. The van der Waals surface area contributed by atoms with E-state index in [1.165, 1.54) is 109 Å². The molecule has 3 N–H and O–H groups in total. The molecule has 0 aromatic heterocycles. The predicted molar refractivity (Wildman–Crippen MR) is 234 cm³/mol. The average Bonchev–Trinajstić information content (AvgIpc) is 3.18. The van der Waals surface area contributed by atoms with Crippen molar-refractivity contribution in [2.45, 2.75) is 219 Å². The van der Waals surface area contributed by atoms with E-state index < -0.39 is 26.5 Å². The van der Waals surface area contributed by atoms with Gasteiger partial charge in [-0.05, 0) is 70.6 Å². The van der Waals surface area contributed by atoms with E-state index in [0.29, 0.717) is 6.42 Å². The average molecular weight is 812 g/mol. The second-order valence-corrected chi connectivity index (χ2v) is 16.7. The first kappa shape index (κ1) is 54.2. The van der Waals surface area contributed by atoms with E-state index in [-0.39, 0.29) is 38.6 Å². The molecule has 0 aliphatic rings. The highest BCUT2D eigenvalue weighted by molar-refractivity contribution is 7.47. The van der Waals surface area contributed by atoms with Crippen LogP contribution in [-0.4, -0.2) is 49.3 Å². The van der Waals surface area contributed by atoms with Crippen LogP contribution in [0.3, 0.4) is 0 Å². The molecule has 56 heavy (non-hydrogen) atoms. The van der Waals surface area contributed by atoms with Crippen LogP contribution in [0.5, 0.6) is 0 Å². The van der Waals surface area contributed by atoms with E-state index in [1.54, 1.807) is 0 Å². The maximum atomic E-state index is 12.6. The summed E-state index contributed by atoms with van der Waals surface area (Å²) < 4.78 is 32.8. The molecule has 2 atom stereocenters. The Hall–Kier alpha value is -1.77. The topological polar surface area (TPSA) is 134 Å². The van der Waals surface area contributed by atoms with Crippen molar-refractivity contribution in [2.75, 3.05) is 26.4 Å². The van der Waals surface area contributed by atoms with Crippen LogP contribution in [0.1, 0.15) is 213 Å². The van der Waals surface area contributed by atoms with Gasteiger partial charge in [-0.3, -0.25) is 18.6 Å². The Morgan fingerprint density at radius 1 is 0.536 bits per heavy atom. The Kier molecular flexibility index (Phi) is 41.5. The fourth-order valence-electron chi connectivity index (χ4n) is 6.31. The number of carbonyl (C=O) groups excluding carboxylic acids is 2. The van der Waals surface area contributed by atoms with Crippen molar-refractivity contribution in [3.05, 3.63) is 36.5 Å². The van der Waals surface area contributed by atoms with Crippen molar-refractivity contribution >= 4 is 19.8 Å². The van der Waals surface area contributed by atoms with Gasteiger partial charge in [0.15, 0.2) is 6.10 Å². The van der Waals surface area contributed by atoms with Gasteiger partial charge in [0.2, 0.25) is 0 Å². The summed E-state index contributed by atoms with van der Waals surface area (Å²) in [6.07, 6.45) is 47.4. The molecule has 0 rings (SSSR count). The van der Waals surface area contributed by atoms with Crippen LogP contribution in [0.15, 0.2) is 36.5 Å². The zero-order valence-electron chi connectivity index (χ0n) is 36.1. The van der Waals surface area contributed by atoms with Gasteiger partial charge in [-0.25, -0.2) is 4.57 Å². The molecule has 0 saturated heterocycles. The van der Waals surface area contributed by atoms with Crippen molar-refractivity contribution in [1.82, 2.24) is 0 Å². The molecule has 2 unspecified atom stereocenters. The summed E-state index contributed by atoms with van der Waals surface area (Å²) in [5, 5.41) is 0. The van der Waals surface area contributed by atoms with Crippen molar-refractivity contribution < 1.29 is 37.6 Å². The summed E-state index contributed by atoms with van der Waals surface area (Å²) in [5.74, 6) is -0.839. The molecule has 0 radical (unpaired) electrons. The number of hydrogen-bond donors (Lipinski definition) is 2. The first-order chi connectivity index (χ1) is 27.3. The Morgan fingerprint density at radius 3 is 1.41 bits per heavy atom. The highest BCUT2D eigenvalue weighted by atomic mass is 31.2. The lowest BCUT2D eigenvalue weighted by Gasteiger charge is -2.19. The summed E-state index contributed by atoms with van der Waals surface area (Å²) >= 11 is 0. The van der Waals surface area contributed by atoms with E-state index in [0.717, 1.165) is 70.6 Å². The molecular formula is C46H86NO8P. The lowest BCUT2D eigenvalue weighted by molar-refractivity contribution is -0.161. The first-order valence-corrected chi connectivity index (χ1v) is 24.5. The third-order valence-electron chi connectivity index (χ3n) is 9.75. The van der Waals surface area contributed by atoms with Crippen LogP contribution in [-0.2, 0) is 32.7 Å². The SMILES string of the molecule is CCCCC/C=C\C/C=C\CCCCCCCCCCCC(=O)OC(COC(=O)CCCCCCC/C=C\CCCCCCCCC)COP(=O)(O)OCCN. The van der Waals surface area contributed by atoms with E-state index in [4.69, 9.17) is 24.3 Å². The van der Waals surface area contributed by atoms with Crippen LogP contribution in [0, 0.1) is 0 Å². The molecule has 9 nitrogen and oxygen atoms in total. The minimum Gasteiger partial charge on any atom is -0.462 e. The summed E-state index contributed by atoms with van der Waals surface area (Å²) in [7, 11) is -4.38. The maximum absolute atomic E-state index is 12.6.